The van der Waals surface area contributed by atoms with E-state index in [-0.39, 0.29) is 21.1 Å². The number of nitrogens with two attached hydrogens (primary N) is 4. The zero-order chi connectivity index (χ0) is 17.0. The normalized spacial score (nSPS) is 36.9. The Labute approximate surface area is 150 Å². The van der Waals surface area contributed by atoms with Crippen LogP contribution in [0.5, 0.6) is 0 Å². The SMILES string of the molecule is NC1CCCCC1(N)C(=O)[O-].NC1CCCCC1(N)C(=O)[O-].[Pt+2]. The molecule has 8 N–H and O–H groups in total. The predicted octanol–water partition coefficient (Wildman–Crippen LogP) is -3.33. The van der Waals surface area contributed by atoms with E-state index in [1.54, 1.807) is 0 Å². The summed E-state index contributed by atoms with van der Waals surface area (Å²) in [6, 6.07) is -0.887. The molecule has 2 rings (SSSR count). The summed E-state index contributed by atoms with van der Waals surface area (Å²) in [6.45, 7) is 0. The third-order valence-corrected chi connectivity index (χ3v) is 4.79. The Morgan fingerprint density at radius 1 is 0.783 bits per heavy atom. The number of rotatable bonds is 2. The molecule has 9 heteroatoms. The van der Waals surface area contributed by atoms with E-state index in [4.69, 9.17) is 22.9 Å². The Hall–Kier alpha value is -0.532. The topological polar surface area (TPSA) is 184 Å². The van der Waals surface area contributed by atoms with E-state index >= 15 is 0 Å². The summed E-state index contributed by atoms with van der Waals surface area (Å²) in [7, 11) is 0. The van der Waals surface area contributed by atoms with Gasteiger partial charge in [-0.15, -0.1) is 0 Å². The van der Waals surface area contributed by atoms with Crippen LogP contribution in [0.3, 0.4) is 0 Å². The van der Waals surface area contributed by atoms with Crippen LogP contribution in [0, 0.1) is 0 Å². The maximum Gasteiger partial charge on any atom is 2.00 e. The van der Waals surface area contributed by atoms with Gasteiger partial charge in [0.15, 0.2) is 0 Å². The second-order valence-electron chi connectivity index (χ2n) is 6.36. The minimum Gasteiger partial charge on any atom is -0.548 e. The van der Waals surface area contributed by atoms with Gasteiger partial charge in [-0.05, 0) is 25.7 Å². The van der Waals surface area contributed by atoms with Crippen molar-refractivity contribution in [3.8, 4) is 0 Å². The molecule has 2 aliphatic rings. The maximum atomic E-state index is 10.6. The van der Waals surface area contributed by atoms with Gasteiger partial charge in [0.05, 0.1) is 23.0 Å². The van der Waals surface area contributed by atoms with Crippen molar-refractivity contribution in [3.05, 3.63) is 0 Å². The summed E-state index contributed by atoms with van der Waals surface area (Å²) in [6.07, 6.45) is 5.85. The molecule has 0 saturated heterocycles. The van der Waals surface area contributed by atoms with Crippen LogP contribution in [0.4, 0.5) is 0 Å². The average molecular weight is 509 g/mol. The molecule has 0 bridgehead atoms. The molecule has 2 aliphatic carbocycles. The van der Waals surface area contributed by atoms with Gasteiger partial charge >= 0.3 is 21.1 Å². The molecule has 0 aromatic heterocycles. The minimum absolute atomic E-state index is 0. The molecule has 0 aliphatic heterocycles. The minimum atomic E-state index is -1.28. The molecule has 8 nitrogen and oxygen atoms in total. The first-order valence-electron chi connectivity index (χ1n) is 7.66. The number of aliphatic carboxylic acids is 2. The Morgan fingerprint density at radius 2 is 1.09 bits per heavy atom. The molecule has 4 unspecified atom stereocenters. The first-order chi connectivity index (χ1) is 10.1. The molecule has 0 aromatic rings. The van der Waals surface area contributed by atoms with E-state index < -0.39 is 35.1 Å². The zero-order valence-electron chi connectivity index (χ0n) is 13.1. The molecular weight excluding hydrogens is 483 g/mol. The molecule has 0 radical (unpaired) electrons. The van der Waals surface area contributed by atoms with Crippen molar-refractivity contribution in [2.24, 2.45) is 22.9 Å². The number of hydrogen-bond acceptors (Lipinski definition) is 8. The first kappa shape index (κ1) is 22.5. The number of carbonyl (C=O) groups excluding carboxylic acids is 2. The third kappa shape index (κ3) is 5.22. The Balaban J connectivity index is 0.000000403. The van der Waals surface area contributed by atoms with Gasteiger partial charge in [0.2, 0.25) is 0 Å². The first-order valence-corrected chi connectivity index (χ1v) is 7.66. The van der Waals surface area contributed by atoms with Gasteiger partial charge in [-0.1, -0.05) is 25.7 Å². The van der Waals surface area contributed by atoms with Gasteiger partial charge in [-0.25, -0.2) is 0 Å². The third-order valence-electron chi connectivity index (χ3n) is 4.79. The fourth-order valence-electron chi connectivity index (χ4n) is 2.96. The standard InChI is InChI=1S/2C7H14N2O2.Pt/c2*8-5-3-1-2-4-7(5,9)6(10)11;/h2*5H,1-4,8-9H2,(H,10,11);/q;;+2/p-2. The van der Waals surface area contributed by atoms with Crippen LogP contribution in [0.25, 0.3) is 0 Å². The Kier molecular flexibility index (Phi) is 8.87. The zero-order valence-corrected chi connectivity index (χ0v) is 15.3. The summed E-state index contributed by atoms with van der Waals surface area (Å²) < 4.78 is 0. The number of carboxylic acid groups (broad SMARTS) is 2. The largest absolute Gasteiger partial charge is 2.00 e. The summed E-state index contributed by atoms with van der Waals surface area (Å²) in [5, 5.41) is 21.1. The maximum absolute atomic E-state index is 10.6. The van der Waals surface area contributed by atoms with E-state index in [2.05, 4.69) is 0 Å². The summed E-state index contributed by atoms with van der Waals surface area (Å²) in [5.41, 5.74) is 19.7. The summed E-state index contributed by atoms with van der Waals surface area (Å²) >= 11 is 0. The second kappa shape index (κ2) is 9.08. The fraction of sp³-hybridized carbons (Fsp3) is 0.857. The molecule has 136 valence electrons. The molecular formula is C14H26N4O4Pt. The van der Waals surface area contributed by atoms with Crippen LogP contribution in [-0.4, -0.2) is 35.1 Å². The van der Waals surface area contributed by atoms with Crippen molar-refractivity contribution in [3.63, 3.8) is 0 Å². The Bertz CT molecular complexity index is 388. The van der Waals surface area contributed by atoms with Gasteiger partial charge in [0.25, 0.3) is 0 Å². The van der Waals surface area contributed by atoms with E-state index in [0.717, 1.165) is 25.7 Å². The number of hydrogen-bond donors (Lipinski definition) is 4. The molecule has 0 aromatic carbocycles. The quantitative estimate of drug-likeness (QED) is 0.298. The molecule has 23 heavy (non-hydrogen) atoms. The van der Waals surface area contributed by atoms with Gasteiger partial charge in [-0.2, -0.15) is 0 Å². The van der Waals surface area contributed by atoms with Crippen LogP contribution in [-0.2, 0) is 30.7 Å². The van der Waals surface area contributed by atoms with Gasteiger partial charge in [-0.3, -0.25) is 0 Å². The van der Waals surface area contributed by atoms with Crippen molar-refractivity contribution in [1.82, 2.24) is 0 Å². The van der Waals surface area contributed by atoms with E-state index in [1.165, 1.54) is 0 Å². The number of carbonyl (C=O) groups is 2. The van der Waals surface area contributed by atoms with Crippen molar-refractivity contribution >= 4 is 11.9 Å². The monoisotopic (exact) mass is 509 g/mol. The van der Waals surface area contributed by atoms with Crippen LogP contribution >= 0.6 is 0 Å². The van der Waals surface area contributed by atoms with Crippen LogP contribution in [0.15, 0.2) is 0 Å². The summed E-state index contributed by atoms with van der Waals surface area (Å²) in [4.78, 5) is 21.1. The smallest absolute Gasteiger partial charge is 0.548 e. The van der Waals surface area contributed by atoms with E-state index in [1.807, 2.05) is 0 Å². The van der Waals surface area contributed by atoms with E-state index in [0.29, 0.717) is 25.7 Å². The molecule has 2 saturated carbocycles. The van der Waals surface area contributed by atoms with Crippen molar-refractivity contribution in [2.45, 2.75) is 74.5 Å². The Morgan fingerprint density at radius 3 is 1.26 bits per heavy atom. The van der Waals surface area contributed by atoms with Crippen molar-refractivity contribution < 1.29 is 40.9 Å². The number of carboxylic acids is 2. The van der Waals surface area contributed by atoms with E-state index in [9.17, 15) is 19.8 Å². The van der Waals surface area contributed by atoms with Gasteiger partial charge in [0.1, 0.15) is 0 Å². The summed E-state index contributed by atoms with van der Waals surface area (Å²) in [5.74, 6) is -2.44. The predicted molar refractivity (Wildman–Crippen MR) is 76.7 cm³/mol. The average Bonchev–Trinajstić information content (AvgIpc) is 2.46. The molecule has 0 heterocycles. The van der Waals surface area contributed by atoms with Crippen LogP contribution < -0.4 is 33.1 Å². The van der Waals surface area contributed by atoms with Gasteiger partial charge < -0.3 is 42.7 Å². The van der Waals surface area contributed by atoms with Crippen LogP contribution in [0.1, 0.15) is 51.4 Å². The molecule has 2 fully saturated rings. The fourth-order valence-corrected chi connectivity index (χ4v) is 2.96. The molecule has 0 amide bonds. The second-order valence-corrected chi connectivity index (χ2v) is 6.36. The molecule has 4 atom stereocenters. The van der Waals surface area contributed by atoms with Crippen LogP contribution in [0.2, 0.25) is 0 Å². The van der Waals surface area contributed by atoms with Gasteiger partial charge in [0, 0.05) is 12.1 Å². The van der Waals surface area contributed by atoms with Crippen molar-refractivity contribution in [2.75, 3.05) is 0 Å². The van der Waals surface area contributed by atoms with Crippen molar-refractivity contribution in [1.29, 1.82) is 0 Å². The molecule has 0 spiro atoms.